The average molecular weight is 390 g/mol. The maximum atomic E-state index is 13.0. The van der Waals surface area contributed by atoms with Crippen LogP contribution in [0.5, 0.6) is 5.75 Å². The number of furan rings is 1. The topological polar surface area (TPSA) is 92.9 Å². The average Bonchev–Trinajstić information content (AvgIpc) is 3.38. The number of methoxy groups -OCH3 is 1. The first-order valence-electron chi connectivity index (χ1n) is 8.96. The molecular formula is C22H18N2O5. The highest BCUT2D eigenvalue weighted by molar-refractivity contribution is 6.14. The van der Waals surface area contributed by atoms with Crippen LogP contribution in [0.2, 0.25) is 0 Å². The number of carbonyl (C=O) groups is 2. The lowest BCUT2D eigenvalue weighted by Crippen LogP contribution is -2.31. The van der Waals surface area contributed by atoms with Crippen LogP contribution in [0.3, 0.4) is 0 Å². The second-order valence-corrected chi connectivity index (χ2v) is 6.51. The Hall–Kier alpha value is -3.87. The molecule has 7 heteroatoms. The summed E-state index contributed by atoms with van der Waals surface area (Å²) in [7, 11) is 1.57. The Labute approximate surface area is 166 Å². The van der Waals surface area contributed by atoms with E-state index in [0.29, 0.717) is 11.4 Å². The van der Waals surface area contributed by atoms with Crippen LogP contribution < -0.4 is 4.74 Å². The number of aliphatic hydroxyl groups is 1. The maximum absolute atomic E-state index is 13.0. The predicted molar refractivity (Wildman–Crippen MR) is 103 cm³/mol. The minimum atomic E-state index is -0.830. The van der Waals surface area contributed by atoms with Gasteiger partial charge in [0.05, 0.1) is 24.6 Å². The molecule has 0 bridgehead atoms. The molecule has 0 spiro atoms. The first kappa shape index (κ1) is 18.5. The van der Waals surface area contributed by atoms with Gasteiger partial charge in [-0.05, 0) is 42.0 Å². The Morgan fingerprint density at radius 2 is 1.97 bits per heavy atom. The summed E-state index contributed by atoms with van der Waals surface area (Å²) in [6, 6.07) is 14.7. The Morgan fingerprint density at radius 3 is 2.59 bits per heavy atom. The fourth-order valence-electron chi connectivity index (χ4n) is 3.36. The van der Waals surface area contributed by atoms with Crippen molar-refractivity contribution in [3.05, 3.63) is 95.4 Å². The summed E-state index contributed by atoms with van der Waals surface area (Å²) >= 11 is 0. The minimum absolute atomic E-state index is 0.0443. The number of rotatable bonds is 6. The fraction of sp³-hybridized carbons (Fsp3) is 0.136. The maximum Gasteiger partial charge on any atom is 0.290 e. The molecule has 146 valence electrons. The molecule has 1 amide bonds. The van der Waals surface area contributed by atoms with Crippen molar-refractivity contribution in [3.63, 3.8) is 0 Å². The monoisotopic (exact) mass is 390 g/mol. The molecule has 0 radical (unpaired) electrons. The summed E-state index contributed by atoms with van der Waals surface area (Å²) < 4.78 is 10.4. The van der Waals surface area contributed by atoms with Gasteiger partial charge in [-0.25, -0.2) is 0 Å². The van der Waals surface area contributed by atoms with E-state index in [0.717, 1.165) is 5.56 Å². The summed E-state index contributed by atoms with van der Waals surface area (Å²) in [5.41, 5.74) is 1.25. The lowest BCUT2D eigenvalue weighted by Gasteiger charge is -2.26. The molecule has 29 heavy (non-hydrogen) atoms. The van der Waals surface area contributed by atoms with Gasteiger partial charge in [0.25, 0.3) is 5.91 Å². The number of benzene rings is 1. The molecule has 1 atom stereocenters. The normalized spacial score (nSPS) is 16.4. The molecule has 0 aliphatic carbocycles. The number of carbonyl (C=O) groups excluding carboxylic acids is 2. The zero-order valence-corrected chi connectivity index (χ0v) is 15.6. The molecule has 0 saturated carbocycles. The van der Waals surface area contributed by atoms with Crippen LogP contribution in [-0.2, 0) is 11.3 Å². The van der Waals surface area contributed by atoms with Gasteiger partial charge in [0, 0.05) is 12.7 Å². The third kappa shape index (κ3) is 3.38. The zero-order valence-electron chi connectivity index (χ0n) is 15.6. The number of aliphatic hydroxyl groups excluding tert-OH is 1. The Morgan fingerprint density at radius 1 is 1.17 bits per heavy atom. The third-order valence-corrected chi connectivity index (χ3v) is 4.77. The van der Waals surface area contributed by atoms with Crippen molar-refractivity contribution >= 4 is 11.7 Å². The Balaban J connectivity index is 1.74. The van der Waals surface area contributed by atoms with Crippen molar-refractivity contribution in [2.75, 3.05) is 7.11 Å². The Bertz CT molecular complexity index is 1060. The van der Waals surface area contributed by atoms with E-state index in [1.54, 1.807) is 49.7 Å². The number of ketones is 1. The van der Waals surface area contributed by atoms with Crippen LogP contribution in [0.15, 0.2) is 82.8 Å². The van der Waals surface area contributed by atoms with Crippen LogP contribution in [0.25, 0.3) is 0 Å². The molecular weight excluding hydrogens is 372 g/mol. The molecule has 3 aromatic rings. The van der Waals surface area contributed by atoms with E-state index >= 15 is 0 Å². The van der Waals surface area contributed by atoms with E-state index in [1.807, 2.05) is 12.1 Å². The van der Waals surface area contributed by atoms with Gasteiger partial charge in [-0.1, -0.05) is 18.2 Å². The standard InChI is InChI=1S/C22H18N2O5/c1-28-15-9-7-14(8-10-15)13-24-19(16-5-2-3-11-23-16)18(21(26)22(24)27)20(25)17-6-4-12-29-17/h2-12,19,26H,13H2,1H3. The number of pyridine rings is 1. The first-order valence-corrected chi connectivity index (χ1v) is 8.96. The molecule has 4 rings (SSSR count). The summed E-state index contributed by atoms with van der Waals surface area (Å²) in [5, 5.41) is 10.6. The molecule has 7 nitrogen and oxygen atoms in total. The van der Waals surface area contributed by atoms with Crippen molar-refractivity contribution in [2.24, 2.45) is 0 Å². The van der Waals surface area contributed by atoms with Gasteiger partial charge in [0.15, 0.2) is 11.5 Å². The highest BCUT2D eigenvalue weighted by Gasteiger charge is 2.45. The molecule has 1 aliphatic rings. The molecule has 1 unspecified atom stereocenters. The molecule has 3 heterocycles. The van der Waals surface area contributed by atoms with Gasteiger partial charge in [-0.2, -0.15) is 0 Å². The molecule has 0 saturated heterocycles. The lowest BCUT2D eigenvalue weighted by atomic mass is 9.98. The summed E-state index contributed by atoms with van der Waals surface area (Å²) in [6.45, 7) is 0.184. The highest BCUT2D eigenvalue weighted by atomic mass is 16.5. The quantitative estimate of drug-likeness (QED) is 0.648. The second-order valence-electron chi connectivity index (χ2n) is 6.51. The second kappa shape index (κ2) is 7.63. The van der Waals surface area contributed by atoms with Crippen LogP contribution in [0, 0.1) is 0 Å². The van der Waals surface area contributed by atoms with E-state index in [1.165, 1.54) is 17.2 Å². The van der Waals surface area contributed by atoms with E-state index in [2.05, 4.69) is 4.98 Å². The molecule has 1 aromatic carbocycles. The van der Waals surface area contributed by atoms with Gasteiger partial charge in [-0.15, -0.1) is 0 Å². The summed E-state index contributed by atoms with van der Waals surface area (Å²) in [4.78, 5) is 31.6. The van der Waals surface area contributed by atoms with E-state index in [-0.39, 0.29) is 17.9 Å². The first-order chi connectivity index (χ1) is 14.1. The summed E-state index contributed by atoms with van der Waals surface area (Å²) in [5.74, 6) is -1.03. The SMILES string of the molecule is COc1ccc(CN2C(=O)C(O)=C(C(=O)c3ccco3)C2c2ccccn2)cc1. The number of amides is 1. The number of nitrogens with zero attached hydrogens (tertiary/aromatic N) is 2. The van der Waals surface area contributed by atoms with Crippen molar-refractivity contribution in [1.82, 2.24) is 9.88 Å². The summed E-state index contributed by atoms with van der Waals surface area (Å²) in [6.07, 6.45) is 2.95. The van der Waals surface area contributed by atoms with Crippen LogP contribution >= 0.6 is 0 Å². The molecule has 1 aliphatic heterocycles. The van der Waals surface area contributed by atoms with E-state index in [9.17, 15) is 14.7 Å². The van der Waals surface area contributed by atoms with E-state index < -0.39 is 23.5 Å². The van der Waals surface area contributed by atoms with Gasteiger partial charge in [0.2, 0.25) is 5.78 Å². The van der Waals surface area contributed by atoms with Crippen LogP contribution in [0.4, 0.5) is 0 Å². The van der Waals surface area contributed by atoms with Crippen LogP contribution in [0.1, 0.15) is 27.9 Å². The predicted octanol–water partition coefficient (Wildman–Crippen LogP) is 3.46. The van der Waals surface area contributed by atoms with Gasteiger partial charge in [0.1, 0.15) is 11.8 Å². The largest absolute Gasteiger partial charge is 0.503 e. The van der Waals surface area contributed by atoms with Crippen molar-refractivity contribution < 1.29 is 23.8 Å². The molecule has 2 aromatic heterocycles. The molecule has 0 fully saturated rings. The van der Waals surface area contributed by atoms with Crippen molar-refractivity contribution in [3.8, 4) is 5.75 Å². The third-order valence-electron chi connectivity index (χ3n) is 4.77. The van der Waals surface area contributed by atoms with Gasteiger partial charge in [-0.3, -0.25) is 14.6 Å². The van der Waals surface area contributed by atoms with Crippen molar-refractivity contribution in [1.29, 1.82) is 0 Å². The molecule has 1 N–H and O–H groups in total. The number of ether oxygens (including phenoxy) is 1. The number of hydrogen-bond donors (Lipinski definition) is 1. The van der Waals surface area contributed by atoms with Gasteiger partial charge < -0.3 is 19.2 Å². The smallest absolute Gasteiger partial charge is 0.290 e. The number of hydrogen-bond acceptors (Lipinski definition) is 6. The number of aromatic nitrogens is 1. The lowest BCUT2D eigenvalue weighted by molar-refractivity contribution is -0.130. The zero-order chi connectivity index (χ0) is 20.4. The highest BCUT2D eigenvalue weighted by Crippen LogP contribution is 2.39. The van der Waals surface area contributed by atoms with Crippen LogP contribution in [-0.4, -0.2) is 33.8 Å². The van der Waals surface area contributed by atoms with Crippen molar-refractivity contribution in [2.45, 2.75) is 12.6 Å². The van der Waals surface area contributed by atoms with Gasteiger partial charge >= 0.3 is 0 Å². The Kier molecular flexibility index (Phi) is 4.87. The van der Waals surface area contributed by atoms with E-state index in [4.69, 9.17) is 9.15 Å². The fourth-order valence-corrected chi connectivity index (χ4v) is 3.36. The number of Topliss-reactive ketones (excluding diaryl/α,β-unsaturated/α-hetero) is 1. The minimum Gasteiger partial charge on any atom is -0.503 e.